The van der Waals surface area contributed by atoms with Crippen LogP contribution in [0.2, 0.25) is 0 Å². The molecule has 8 heteroatoms. The highest BCUT2D eigenvalue weighted by Crippen LogP contribution is 2.16. The zero-order chi connectivity index (χ0) is 18.6. The highest BCUT2D eigenvalue weighted by Gasteiger charge is 2.11. The second-order valence-electron chi connectivity index (χ2n) is 5.20. The van der Waals surface area contributed by atoms with Crippen molar-refractivity contribution in [3.8, 4) is 6.07 Å². The fourth-order valence-corrected chi connectivity index (χ4v) is 2.51. The third kappa shape index (κ3) is 4.73. The molecule has 0 fully saturated rings. The van der Waals surface area contributed by atoms with Gasteiger partial charge in [0.1, 0.15) is 17.5 Å². The van der Waals surface area contributed by atoms with Gasteiger partial charge in [-0.2, -0.15) is 5.26 Å². The van der Waals surface area contributed by atoms with E-state index in [1.165, 1.54) is 48.5 Å². The molecule has 0 radical (unpaired) electrons. The van der Waals surface area contributed by atoms with E-state index in [2.05, 4.69) is 5.32 Å². The minimum Gasteiger partial charge on any atom is -0.321 e. The molecule has 2 aromatic carbocycles. The summed E-state index contributed by atoms with van der Waals surface area (Å²) in [5, 5.41) is 16.6. The first-order chi connectivity index (χ1) is 11.7. The predicted molar refractivity (Wildman–Crippen MR) is 91.2 cm³/mol. The lowest BCUT2D eigenvalue weighted by Gasteiger charge is -2.06. The third-order valence-electron chi connectivity index (χ3n) is 3.30. The summed E-state index contributed by atoms with van der Waals surface area (Å²) in [6, 6.07) is 11.2. The standard InChI is InChI=1S/C17H14FN3O3S/c1-11-8-12(2-7-16(11)18)9-13(10-19)17(22)21-14-3-5-15(6-4-14)25(20,23)24/h2-9H,1H3,(H,21,22)(H2,20,23,24)/b13-9-. The molecule has 0 unspecified atom stereocenters. The van der Waals surface area contributed by atoms with E-state index in [0.717, 1.165) is 0 Å². The zero-order valence-electron chi connectivity index (χ0n) is 13.2. The molecule has 2 aromatic rings. The molecule has 6 nitrogen and oxygen atoms in total. The van der Waals surface area contributed by atoms with Gasteiger partial charge in [0, 0.05) is 5.69 Å². The first-order valence-corrected chi connectivity index (χ1v) is 8.57. The Morgan fingerprint density at radius 1 is 1.24 bits per heavy atom. The molecule has 0 aliphatic rings. The molecule has 0 heterocycles. The monoisotopic (exact) mass is 359 g/mol. The minimum absolute atomic E-state index is 0.0941. The topological polar surface area (TPSA) is 113 Å². The van der Waals surface area contributed by atoms with Crippen LogP contribution in [0, 0.1) is 24.1 Å². The van der Waals surface area contributed by atoms with Crippen molar-refractivity contribution in [2.75, 3.05) is 5.32 Å². The van der Waals surface area contributed by atoms with Gasteiger partial charge >= 0.3 is 0 Å². The van der Waals surface area contributed by atoms with E-state index in [1.807, 2.05) is 0 Å². The van der Waals surface area contributed by atoms with E-state index in [9.17, 15) is 17.6 Å². The summed E-state index contributed by atoms with van der Waals surface area (Å²) in [5.41, 5.74) is 1.02. The molecule has 0 bridgehead atoms. The van der Waals surface area contributed by atoms with Gasteiger partial charge < -0.3 is 5.32 Å². The van der Waals surface area contributed by atoms with Crippen LogP contribution in [0.15, 0.2) is 52.9 Å². The maximum absolute atomic E-state index is 13.3. The molecule has 25 heavy (non-hydrogen) atoms. The normalized spacial score (nSPS) is 11.7. The SMILES string of the molecule is Cc1cc(/C=C(/C#N)C(=O)Nc2ccc(S(N)(=O)=O)cc2)ccc1F. The number of sulfonamides is 1. The number of primary sulfonamides is 1. The molecule has 0 aromatic heterocycles. The molecule has 0 saturated heterocycles. The van der Waals surface area contributed by atoms with E-state index < -0.39 is 15.9 Å². The van der Waals surface area contributed by atoms with Crippen molar-refractivity contribution in [2.24, 2.45) is 5.14 Å². The third-order valence-corrected chi connectivity index (χ3v) is 4.23. The van der Waals surface area contributed by atoms with E-state index >= 15 is 0 Å². The first kappa shape index (κ1) is 18.3. The van der Waals surface area contributed by atoms with Gasteiger partial charge in [0.25, 0.3) is 5.91 Å². The van der Waals surface area contributed by atoms with Crippen molar-refractivity contribution in [1.82, 2.24) is 0 Å². The fraction of sp³-hybridized carbons (Fsp3) is 0.0588. The Hall–Kier alpha value is -3.02. The minimum atomic E-state index is -3.82. The maximum Gasteiger partial charge on any atom is 0.266 e. The maximum atomic E-state index is 13.3. The van der Waals surface area contributed by atoms with Crippen molar-refractivity contribution in [3.63, 3.8) is 0 Å². The van der Waals surface area contributed by atoms with Gasteiger partial charge in [0.15, 0.2) is 0 Å². The van der Waals surface area contributed by atoms with E-state index in [1.54, 1.807) is 13.0 Å². The number of carbonyl (C=O) groups is 1. The second kappa shape index (κ2) is 7.25. The zero-order valence-corrected chi connectivity index (χ0v) is 14.0. The summed E-state index contributed by atoms with van der Waals surface area (Å²) < 4.78 is 35.6. The number of aryl methyl sites for hydroxylation is 1. The van der Waals surface area contributed by atoms with Crippen LogP contribution in [-0.2, 0) is 14.8 Å². The van der Waals surface area contributed by atoms with Crippen LogP contribution in [0.3, 0.4) is 0 Å². The fourth-order valence-electron chi connectivity index (χ4n) is 2.00. The van der Waals surface area contributed by atoms with Gasteiger partial charge in [-0.1, -0.05) is 6.07 Å². The highest BCUT2D eigenvalue weighted by atomic mass is 32.2. The number of hydrogen-bond acceptors (Lipinski definition) is 4. The van der Waals surface area contributed by atoms with Gasteiger partial charge in [0.2, 0.25) is 10.0 Å². The van der Waals surface area contributed by atoms with Crippen LogP contribution in [0.25, 0.3) is 6.08 Å². The lowest BCUT2D eigenvalue weighted by Crippen LogP contribution is -2.14. The Bertz CT molecular complexity index is 991. The number of nitrogens with two attached hydrogens (primary N) is 1. The molecule has 0 spiro atoms. The van der Waals surface area contributed by atoms with Crippen LogP contribution < -0.4 is 10.5 Å². The number of carbonyl (C=O) groups excluding carboxylic acids is 1. The average molecular weight is 359 g/mol. The number of halogens is 1. The molecule has 0 saturated carbocycles. The first-order valence-electron chi connectivity index (χ1n) is 7.03. The number of nitrogens with zero attached hydrogens (tertiary/aromatic N) is 1. The van der Waals surface area contributed by atoms with Crippen LogP contribution >= 0.6 is 0 Å². The van der Waals surface area contributed by atoms with Gasteiger partial charge in [-0.25, -0.2) is 17.9 Å². The Morgan fingerprint density at radius 2 is 1.88 bits per heavy atom. The van der Waals surface area contributed by atoms with Crippen molar-refractivity contribution < 1.29 is 17.6 Å². The summed E-state index contributed by atoms with van der Waals surface area (Å²) in [7, 11) is -3.82. The molecule has 0 atom stereocenters. The highest BCUT2D eigenvalue weighted by molar-refractivity contribution is 7.89. The summed E-state index contributed by atoms with van der Waals surface area (Å²) >= 11 is 0. The van der Waals surface area contributed by atoms with Crippen molar-refractivity contribution in [1.29, 1.82) is 5.26 Å². The summed E-state index contributed by atoms with van der Waals surface area (Å²) in [6.07, 6.45) is 1.33. The Balaban J connectivity index is 2.21. The predicted octanol–water partition coefficient (Wildman–Crippen LogP) is 2.33. The van der Waals surface area contributed by atoms with Crippen molar-refractivity contribution in [2.45, 2.75) is 11.8 Å². The Labute approximate surface area is 144 Å². The second-order valence-corrected chi connectivity index (χ2v) is 6.76. The molecule has 2 rings (SSSR count). The summed E-state index contributed by atoms with van der Waals surface area (Å²) in [5.74, 6) is -1.05. The number of nitrogens with one attached hydrogen (secondary N) is 1. The van der Waals surface area contributed by atoms with Crippen LogP contribution in [-0.4, -0.2) is 14.3 Å². The van der Waals surface area contributed by atoms with Crippen LogP contribution in [0.4, 0.5) is 10.1 Å². The van der Waals surface area contributed by atoms with Crippen molar-refractivity contribution in [3.05, 3.63) is 65.0 Å². The number of anilines is 1. The number of amides is 1. The largest absolute Gasteiger partial charge is 0.321 e. The molecule has 1 amide bonds. The molecular formula is C17H14FN3O3S. The molecule has 128 valence electrons. The molecule has 0 aliphatic heterocycles. The van der Waals surface area contributed by atoms with E-state index in [4.69, 9.17) is 10.4 Å². The number of rotatable bonds is 4. The lowest BCUT2D eigenvalue weighted by molar-refractivity contribution is -0.112. The Morgan fingerprint density at radius 3 is 2.40 bits per heavy atom. The molecule has 0 aliphatic carbocycles. The van der Waals surface area contributed by atoms with Crippen LogP contribution in [0.1, 0.15) is 11.1 Å². The number of benzene rings is 2. The van der Waals surface area contributed by atoms with Gasteiger partial charge in [-0.05, 0) is 60.5 Å². The average Bonchev–Trinajstić information content (AvgIpc) is 2.55. The molecular weight excluding hydrogens is 345 g/mol. The van der Waals surface area contributed by atoms with Crippen LogP contribution in [0.5, 0.6) is 0 Å². The Kier molecular flexibility index (Phi) is 5.32. The van der Waals surface area contributed by atoms with Crippen molar-refractivity contribution >= 4 is 27.7 Å². The lowest BCUT2D eigenvalue weighted by atomic mass is 10.1. The number of nitriles is 1. The van der Waals surface area contributed by atoms with E-state index in [-0.39, 0.29) is 16.3 Å². The van der Waals surface area contributed by atoms with Gasteiger partial charge in [-0.15, -0.1) is 0 Å². The number of hydrogen-bond donors (Lipinski definition) is 2. The summed E-state index contributed by atoms with van der Waals surface area (Å²) in [6.45, 7) is 1.58. The molecule has 3 N–H and O–H groups in total. The summed E-state index contributed by atoms with van der Waals surface area (Å²) in [4.78, 5) is 12.1. The van der Waals surface area contributed by atoms with Gasteiger partial charge in [0.05, 0.1) is 4.90 Å². The quantitative estimate of drug-likeness (QED) is 0.644. The van der Waals surface area contributed by atoms with Gasteiger partial charge in [-0.3, -0.25) is 4.79 Å². The smallest absolute Gasteiger partial charge is 0.266 e. The van der Waals surface area contributed by atoms with E-state index in [0.29, 0.717) is 16.8 Å².